The topological polar surface area (TPSA) is 72.4 Å². The van der Waals surface area contributed by atoms with E-state index in [2.05, 4.69) is 29.1 Å². The molecule has 148 valence electrons. The van der Waals surface area contributed by atoms with Crippen LogP contribution in [0.1, 0.15) is 43.5 Å². The van der Waals surface area contributed by atoms with Gasteiger partial charge < -0.3 is 19.1 Å². The average molecular weight is 375 g/mol. The molecule has 0 unspecified atom stereocenters. The Kier molecular flexibility index (Phi) is 6.92. The summed E-state index contributed by atoms with van der Waals surface area (Å²) in [5.41, 5.74) is 0.483. The largest absolute Gasteiger partial charge is 0.465 e. The van der Waals surface area contributed by atoms with Gasteiger partial charge in [-0.15, -0.1) is 0 Å². The van der Waals surface area contributed by atoms with E-state index in [1.807, 2.05) is 0 Å². The number of ether oxygens (including phenoxy) is 3. The van der Waals surface area contributed by atoms with E-state index in [1.165, 1.54) is 19.3 Å². The maximum Gasteiger partial charge on any atom is 0.291 e. The fraction of sp³-hybridized carbons (Fsp3) is 0.600. The zero-order valence-electron chi connectivity index (χ0n) is 16.2. The summed E-state index contributed by atoms with van der Waals surface area (Å²) in [6.45, 7) is 8.55. The highest BCUT2D eigenvalue weighted by atomic mass is 16.7. The third-order valence-corrected chi connectivity index (χ3v) is 4.53. The van der Waals surface area contributed by atoms with Crippen LogP contribution in [0.15, 0.2) is 23.2 Å². The molecule has 1 fully saturated rings. The Balaban J connectivity index is 1.59. The third kappa shape index (κ3) is 5.85. The minimum atomic E-state index is -0.270. The van der Waals surface area contributed by atoms with Gasteiger partial charge in [0, 0.05) is 12.1 Å². The van der Waals surface area contributed by atoms with E-state index in [9.17, 15) is 4.79 Å². The van der Waals surface area contributed by atoms with E-state index in [0.29, 0.717) is 36.1 Å². The molecule has 7 heteroatoms. The molecule has 1 saturated heterocycles. The minimum absolute atomic E-state index is 0.182. The molecule has 0 aromatic heterocycles. The van der Waals surface area contributed by atoms with Gasteiger partial charge in [0.05, 0.1) is 13.2 Å². The number of piperidine rings is 1. The molecule has 0 aliphatic carbocycles. The van der Waals surface area contributed by atoms with Crippen LogP contribution in [0.2, 0.25) is 0 Å². The van der Waals surface area contributed by atoms with Crippen LogP contribution in [0.3, 0.4) is 0 Å². The van der Waals surface area contributed by atoms with Gasteiger partial charge in [-0.1, -0.05) is 20.3 Å². The van der Waals surface area contributed by atoms with E-state index < -0.39 is 0 Å². The van der Waals surface area contributed by atoms with Crippen LogP contribution >= 0.6 is 0 Å². The molecule has 27 heavy (non-hydrogen) atoms. The molecule has 2 heterocycles. The number of amidine groups is 1. The lowest BCUT2D eigenvalue weighted by atomic mass is 10.1. The minimum Gasteiger partial charge on any atom is -0.465 e. The van der Waals surface area contributed by atoms with Gasteiger partial charge in [-0.25, -0.2) is 4.99 Å². The Morgan fingerprint density at radius 1 is 1.22 bits per heavy atom. The Morgan fingerprint density at radius 3 is 2.78 bits per heavy atom. The Bertz CT molecular complexity index is 669. The van der Waals surface area contributed by atoms with Crippen molar-refractivity contribution in [2.75, 3.05) is 39.6 Å². The normalized spacial score (nSPS) is 17.2. The second-order valence-electron chi connectivity index (χ2n) is 7.32. The fourth-order valence-corrected chi connectivity index (χ4v) is 3.05. The van der Waals surface area contributed by atoms with Crippen LogP contribution in [0, 0.1) is 5.92 Å². The maximum atomic E-state index is 12.6. The predicted octanol–water partition coefficient (Wildman–Crippen LogP) is 2.66. The molecule has 3 rings (SSSR count). The lowest BCUT2D eigenvalue weighted by molar-refractivity contribution is 0.0962. The first-order chi connectivity index (χ1) is 13.1. The van der Waals surface area contributed by atoms with Crippen LogP contribution in [-0.4, -0.2) is 56.4 Å². The molecule has 1 aromatic carbocycles. The summed E-state index contributed by atoms with van der Waals surface area (Å²) in [4.78, 5) is 19.5. The number of likely N-dealkylation sites (tertiary alicyclic amines) is 1. The lowest BCUT2D eigenvalue weighted by Crippen LogP contribution is -2.35. The highest BCUT2D eigenvalue weighted by molar-refractivity contribution is 6.04. The number of fused-ring (bicyclic) bond motifs is 1. The summed E-state index contributed by atoms with van der Waals surface area (Å²) in [5.74, 6) is 1.31. The van der Waals surface area contributed by atoms with E-state index in [0.717, 1.165) is 19.6 Å². The van der Waals surface area contributed by atoms with Crippen LogP contribution in [0.5, 0.6) is 11.5 Å². The van der Waals surface area contributed by atoms with Crippen molar-refractivity contribution in [3.05, 3.63) is 23.8 Å². The Labute approximate surface area is 160 Å². The van der Waals surface area contributed by atoms with E-state index in [4.69, 9.17) is 14.2 Å². The number of carbonyl (C=O) groups is 1. The summed E-state index contributed by atoms with van der Waals surface area (Å²) < 4.78 is 16.3. The molecule has 0 saturated carbocycles. The van der Waals surface area contributed by atoms with Crippen LogP contribution in [0.4, 0.5) is 0 Å². The van der Waals surface area contributed by atoms with Crippen molar-refractivity contribution >= 4 is 11.9 Å². The predicted molar refractivity (Wildman–Crippen MR) is 103 cm³/mol. The van der Waals surface area contributed by atoms with E-state index in [1.54, 1.807) is 18.2 Å². The molecular formula is C20H29N3O4. The molecule has 0 bridgehead atoms. The number of carbonyl (C=O) groups excluding carboxylic acids is 1. The van der Waals surface area contributed by atoms with Gasteiger partial charge in [0.25, 0.3) is 11.9 Å². The molecule has 1 amide bonds. The summed E-state index contributed by atoms with van der Waals surface area (Å²) in [5, 5.41) is 2.79. The number of nitrogens with one attached hydrogen (secondary N) is 1. The van der Waals surface area contributed by atoms with Crippen molar-refractivity contribution in [3.8, 4) is 11.5 Å². The van der Waals surface area contributed by atoms with Gasteiger partial charge in [0.2, 0.25) is 6.79 Å². The van der Waals surface area contributed by atoms with E-state index >= 15 is 0 Å². The summed E-state index contributed by atoms with van der Waals surface area (Å²) >= 11 is 0. The Morgan fingerprint density at radius 2 is 2.00 bits per heavy atom. The van der Waals surface area contributed by atoms with Gasteiger partial charge in [-0.2, -0.15) is 0 Å². The van der Waals surface area contributed by atoms with Crippen molar-refractivity contribution in [1.82, 2.24) is 10.2 Å². The zero-order valence-corrected chi connectivity index (χ0v) is 16.2. The number of nitrogens with zero attached hydrogens (tertiary/aromatic N) is 2. The van der Waals surface area contributed by atoms with Gasteiger partial charge in [0.1, 0.15) is 0 Å². The monoisotopic (exact) mass is 375 g/mol. The quantitative estimate of drug-likeness (QED) is 0.611. The van der Waals surface area contributed by atoms with Gasteiger partial charge in [-0.3, -0.25) is 10.1 Å². The van der Waals surface area contributed by atoms with Crippen molar-refractivity contribution in [3.63, 3.8) is 0 Å². The molecule has 1 N–H and O–H groups in total. The molecule has 2 aliphatic heterocycles. The first-order valence-electron chi connectivity index (χ1n) is 9.72. The highest BCUT2D eigenvalue weighted by Gasteiger charge is 2.18. The summed E-state index contributed by atoms with van der Waals surface area (Å²) in [6.07, 6.45) is 3.82. The van der Waals surface area contributed by atoms with E-state index in [-0.39, 0.29) is 18.7 Å². The number of amides is 1. The van der Waals surface area contributed by atoms with Gasteiger partial charge in [-0.05, 0) is 50.0 Å². The second-order valence-corrected chi connectivity index (χ2v) is 7.32. The summed E-state index contributed by atoms with van der Waals surface area (Å²) in [7, 11) is 0. The number of rotatable bonds is 6. The standard InChI is InChI=1S/C20H29N3O4/c1-15(2)13-25-20(21-8-11-23-9-4-3-5-10-23)22-19(24)16-6-7-17-18(12-16)27-14-26-17/h6-7,12,15H,3-5,8-11,13-14H2,1-2H3,(H,21,22,24). The Hall–Kier alpha value is -2.28. The second kappa shape index (κ2) is 9.60. The lowest BCUT2D eigenvalue weighted by Gasteiger charge is -2.25. The molecule has 0 spiro atoms. The molecular weight excluding hydrogens is 346 g/mol. The van der Waals surface area contributed by atoms with Gasteiger partial charge in [0.15, 0.2) is 11.5 Å². The first-order valence-corrected chi connectivity index (χ1v) is 9.72. The average Bonchev–Trinajstić information content (AvgIpc) is 3.14. The molecule has 7 nitrogen and oxygen atoms in total. The van der Waals surface area contributed by atoms with Crippen LogP contribution in [0.25, 0.3) is 0 Å². The van der Waals surface area contributed by atoms with Crippen molar-refractivity contribution < 1.29 is 19.0 Å². The molecule has 2 aliphatic rings. The van der Waals surface area contributed by atoms with Crippen molar-refractivity contribution in [1.29, 1.82) is 0 Å². The maximum absolute atomic E-state index is 12.6. The van der Waals surface area contributed by atoms with Crippen LogP contribution in [-0.2, 0) is 4.74 Å². The third-order valence-electron chi connectivity index (χ3n) is 4.53. The highest BCUT2D eigenvalue weighted by Crippen LogP contribution is 2.32. The smallest absolute Gasteiger partial charge is 0.291 e. The fourth-order valence-electron chi connectivity index (χ4n) is 3.05. The van der Waals surface area contributed by atoms with Gasteiger partial charge >= 0.3 is 0 Å². The first kappa shape index (κ1) is 19.5. The molecule has 0 atom stereocenters. The number of benzene rings is 1. The van der Waals surface area contributed by atoms with Crippen LogP contribution < -0.4 is 14.8 Å². The molecule has 1 aromatic rings. The SMILES string of the molecule is CC(C)COC(=NCCN1CCCCC1)NC(=O)c1ccc2c(c1)OCO2. The number of aliphatic imine (C=N–C) groups is 1. The zero-order chi connectivity index (χ0) is 19.1. The number of hydrogen-bond acceptors (Lipinski definition) is 6. The van der Waals surface area contributed by atoms with Crippen molar-refractivity contribution in [2.24, 2.45) is 10.9 Å². The molecule has 0 radical (unpaired) electrons. The summed E-state index contributed by atoms with van der Waals surface area (Å²) in [6, 6.07) is 5.39. The van der Waals surface area contributed by atoms with Crippen molar-refractivity contribution in [2.45, 2.75) is 33.1 Å². The number of hydrogen-bond donors (Lipinski definition) is 1.